The number of H-pyrrole nitrogens is 1. The molecule has 0 amide bonds. The van der Waals surface area contributed by atoms with E-state index in [1.54, 1.807) is 57.2 Å². The van der Waals surface area contributed by atoms with Crippen molar-refractivity contribution < 1.29 is 28.7 Å². The number of Topliss-reactive ketones (excluding diaryl/α,β-unsaturated/α-hetero) is 1. The van der Waals surface area contributed by atoms with Crippen molar-refractivity contribution in [1.29, 1.82) is 0 Å². The second-order valence-corrected chi connectivity index (χ2v) is 7.66. The molecular formula is C25H22ClNO6. The fourth-order valence-corrected chi connectivity index (χ4v) is 3.61. The molecule has 0 spiro atoms. The zero-order valence-corrected chi connectivity index (χ0v) is 19.1. The Morgan fingerprint density at radius 2 is 1.42 bits per heavy atom. The number of ketones is 2. The van der Waals surface area contributed by atoms with Crippen molar-refractivity contribution in [2.45, 2.75) is 20.8 Å². The third kappa shape index (κ3) is 5.21. The Labute approximate surface area is 195 Å². The molecule has 0 unspecified atom stereocenters. The van der Waals surface area contributed by atoms with Crippen molar-refractivity contribution in [1.82, 2.24) is 4.98 Å². The molecule has 0 saturated carbocycles. The van der Waals surface area contributed by atoms with Crippen molar-refractivity contribution >= 4 is 35.1 Å². The summed E-state index contributed by atoms with van der Waals surface area (Å²) in [4.78, 5) is 53.7. The van der Waals surface area contributed by atoms with Gasteiger partial charge in [-0.25, -0.2) is 9.59 Å². The van der Waals surface area contributed by atoms with Gasteiger partial charge in [0.25, 0.3) is 0 Å². The Balaban J connectivity index is 1.80. The van der Waals surface area contributed by atoms with Gasteiger partial charge in [-0.05, 0) is 51.1 Å². The number of benzene rings is 2. The quantitative estimate of drug-likeness (QED) is 0.379. The second-order valence-electron chi connectivity index (χ2n) is 7.23. The second kappa shape index (κ2) is 10.3. The first-order valence-electron chi connectivity index (χ1n) is 10.2. The van der Waals surface area contributed by atoms with E-state index >= 15 is 0 Å². The first kappa shape index (κ1) is 23.9. The number of nitrogens with one attached hydrogen (secondary N) is 1. The predicted octanol–water partition coefficient (Wildman–Crippen LogP) is 4.73. The minimum absolute atomic E-state index is 0.0258. The first-order valence-corrected chi connectivity index (χ1v) is 10.6. The van der Waals surface area contributed by atoms with E-state index in [4.69, 9.17) is 21.1 Å². The van der Waals surface area contributed by atoms with Gasteiger partial charge in [0.05, 0.1) is 23.3 Å². The number of ether oxygens (including phenoxy) is 2. The number of carbonyl (C=O) groups excluding carboxylic acids is 4. The zero-order valence-electron chi connectivity index (χ0n) is 18.4. The number of rotatable bonds is 8. The highest BCUT2D eigenvalue weighted by molar-refractivity contribution is 6.30. The summed E-state index contributed by atoms with van der Waals surface area (Å²) in [6, 6.07) is 12.5. The van der Waals surface area contributed by atoms with Gasteiger partial charge < -0.3 is 14.5 Å². The maximum Gasteiger partial charge on any atom is 0.340 e. The van der Waals surface area contributed by atoms with Crippen LogP contribution in [-0.2, 0) is 9.47 Å². The van der Waals surface area contributed by atoms with Crippen LogP contribution in [-0.4, -0.2) is 41.7 Å². The van der Waals surface area contributed by atoms with E-state index < -0.39 is 24.3 Å². The molecule has 0 bridgehead atoms. The summed E-state index contributed by atoms with van der Waals surface area (Å²) in [6.07, 6.45) is 0. The van der Waals surface area contributed by atoms with E-state index in [0.29, 0.717) is 22.0 Å². The Morgan fingerprint density at radius 3 is 2.06 bits per heavy atom. The highest BCUT2D eigenvalue weighted by Gasteiger charge is 2.27. The Kier molecular flexibility index (Phi) is 7.45. The van der Waals surface area contributed by atoms with Crippen LogP contribution >= 0.6 is 11.6 Å². The van der Waals surface area contributed by atoms with Crippen LogP contribution in [0.4, 0.5) is 0 Å². The van der Waals surface area contributed by atoms with Crippen LogP contribution in [0, 0.1) is 13.8 Å². The van der Waals surface area contributed by atoms with Crippen molar-refractivity contribution in [3.63, 3.8) is 0 Å². The topological polar surface area (TPSA) is 103 Å². The maximum atomic E-state index is 12.9. The van der Waals surface area contributed by atoms with Crippen molar-refractivity contribution in [2.75, 3.05) is 13.2 Å². The molecule has 0 aliphatic rings. The van der Waals surface area contributed by atoms with Crippen molar-refractivity contribution in [3.05, 3.63) is 92.8 Å². The molecule has 3 rings (SSSR count). The summed E-state index contributed by atoms with van der Waals surface area (Å²) >= 11 is 5.88. The Bertz CT molecular complexity index is 1230. The monoisotopic (exact) mass is 467 g/mol. The molecule has 0 atom stereocenters. The summed E-state index contributed by atoms with van der Waals surface area (Å²) in [5.41, 5.74) is 1.71. The molecule has 8 heteroatoms. The molecule has 33 heavy (non-hydrogen) atoms. The lowest BCUT2D eigenvalue weighted by Crippen LogP contribution is -2.19. The normalized spacial score (nSPS) is 10.5. The standard InChI is InChI=1S/C25H22ClNO6/c1-4-32-25(31)22-15(3)27-14(2)21(22)20(28)13-33-24(30)19-8-6-5-7-18(19)23(29)16-9-11-17(26)12-10-16/h5-12,27H,4,13H2,1-3H3. The lowest BCUT2D eigenvalue weighted by Gasteiger charge is -2.10. The van der Waals surface area contributed by atoms with Gasteiger partial charge in [0.2, 0.25) is 5.78 Å². The molecule has 0 fully saturated rings. The minimum Gasteiger partial charge on any atom is -0.462 e. The summed E-state index contributed by atoms with van der Waals surface area (Å²) in [5.74, 6) is -2.40. The summed E-state index contributed by atoms with van der Waals surface area (Å²) < 4.78 is 10.3. The fourth-order valence-electron chi connectivity index (χ4n) is 3.49. The van der Waals surface area contributed by atoms with Gasteiger partial charge >= 0.3 is 11.9 Å². The first-order chi connectivity index (χ1) is 15.7. The lowest BCUT2D eigenvalue weighted by molar-refractivity contribution is 0.0470. The van der Waals surface area contributed by atoms with E-state index in [-0.39, 0.29) is 34.6 Å². The molecule has 3 aromatic rings. The van der Waals surface area contributed by atoms with Gasteiger partial charge in [0, 0.05) is 27.5 Å². The summed E-state index contributed by atoms with van der Waals surface area (Å²) in [5, 5.41) is 0.482. The molecule has 1 heterocycles. The SMILES string of the molecule is CCOC(=O)c1c(C)[nH]c(C)c1C(=O)COC(=O)c1ccccc1C(=O)c1ccc(Cl)cc1. The molecule has 0 saturated heterocycles. The number of hydrogen-bond acceptors (Lipinski definition) is 6. The number of halogens is 1. The molecule has 1 N–H and O–H groups in total. The minimum atomic E-state index is -0.830. The molecule has 0 aliphatic heterocycles. The molecule has 1 aromatic heterocycles. The Morgan fingerprint density at radius 1 is 0.818 bits per heavy atom. The van der Waals surface area contributed by atoms with E-state index in [0.717, 1.165) is 0 Å². The van der Waals surface area contributed by atoms with Gasteiger partial charge in [-0.15, -0.1) is 0 Å². The number of aryl methyl sites for hydroxylation is 2. The largest absolute Gasteiger partial charge is 0.462 e. The predicted molar refractivity (Wildman–Crippen MR) is 122 cm³/mol. The molecule has 7 nitrogen and oxygen atoms in total. The maximum absolute atomic E-state index is 12.9. The van der Waals surface area contributed by atoms with E-state index in [2.05, 4.69) is 4.98 Å². The zero-order chi connectivity index (χ0) is 24.1. The van der Waals surface area contributed by atoms with Gasteiger partial charge in [-0.2, -0.15) is 0 Å². The summed E-state index contributed by atoms with van der Waals surface area (Å²) in [7, 11) is 0. The van der Waals surface area contributed by atoms with Gasteiger partial charge in [-0.3, -0.25) is 9.59 Å². The molecule has 170 valence electrons. The average Bonchev–Trinajstić information content (AvgIpc) is 3.11. The van der Waals surface area contributed by atoms with E-state index in [1.807, 2.05) is 0 Å². The lowest BCUT2D eigenvalue weighted by atomic mass is 9.98. The van der Waals surface area contributed by atoms with Crippen LogP contribution < -0.4 is 0 Å². The van der Waals surface area contributed by atoms with Crippen LogP contribution in [0.1, 0.15) is 65.3 Å². The highest BCUT2D eigenvalue weighted by atomic mass is 35.5. The number of esters is 2. The number of aromatic nitrogens is 1. The number of carbonyl (C=O) groups is 4. The van der Waals surface area contributed by atoms with Crippen molar-refractivity contribution in [3.8, 4) is 0 Å². The average molecular weight is 468 g/mol. The van der Waals surface area contributed by atoms with E-state index in [9.17, 15) is 19.2 Å². The van der Waals surface area contributed by atoms with Crippen molar-refractivity contribution in [2.24, 2.45) is 0 Å². The van der Waals surface area contributed by atoms with Gasteiger partial charge in [0.15, 0.2) is 12.4 Å². The van der Waals surface area contributed by atoms with Crippen LogP contribution in [0.2, 0.25) is 5.02 Å². The Hall–Kier alpha value is -3.71. The third-order valence-corrected chi connectivity index (χ3v) is 5.22. The summed E-state index contributed by atoms with van der Waals surface area (Å²) in [6.45, 7) is 4.51. The molecular weight excluding hydrogens is 446 g/mol. The number of hydrogen-bond donors (Lipinski definition) is 1. The van der Waals surface area contributed by atoms with Crippen LogP contribution in [0.3, 0.4) is 0 Å². The van der Waals surface area contributed by atoms with Gasteiger partial charge in [-0.1, -0.05) is 29.8 Å². The molecule has 0 radical (unpaired) electrons. The van der Waals surface area contributed by atoms with Crippen LogP contribution in [0.5, 0.6) is 0 Å². The van der Waals surface area contributed by atoms with Crippen LogP contribution in [0.15, 0.2) is 48.5 Å². The molecule has 2 aromatic carbocycles. The van der Waals surface area contributed by atoms with E-state index in [1.165, 1.54) is 12.1 Å². The fraction of sp³-hybridized carbons (Fsp3) is 0.200. The van der Waals surface area contributed by atoms with Gasteiger partial charge in [0.1, 0.15) is 0 Å². The molecule has 0 aliphatic carbocycles. The highest BCUT2D eigenvalue weighted by Crippen LogP contribution is 2.21. The van der Waals surface area contributed by atoms with Crippen LogP contribution in [0.25, 0.3) is 0 Å². The number of aromatic amines is 1. The smallest absolute Gasteiger partial charge is 0.340 e. The third-order valence-electron chi connectivity index (χ3n) is 4.97.